The Morgan fingerprint density at radius 2 is 1.75 bits per heavy atom. The van der Waals surface area contributed by atoms with Crippen LogP contribution in [0.15, 0.2) is 24.3 Å². The van der Waals surface area contributed by atoms with Crippen molar-refractivity contribution in [3.05, 3.63) is 35.4 Å². The SMILES string of the molecule is CCC(CC)CN(CC)Cc1ccc(C#CCO)cc1. The molecule has 0 heterocycles. The normalized spacial score (nSPS) is 10.7. The van der Waals surface area contributed by atoms with E-state index in [1.807, 2.05) is 12.1 Å². The third kappa shape index (κ3) is 5.77. The fourth-order valence-corrected chi connectivity index (χ4v) is 2.31. The van der Waals surface area contributed by atoms with Gasteiger partial charge in [-0.15, -0.1) is 0 Å². The van der Waals surface area contributed by atoms with Crippen molar-refractivity contribution in [2.45, 2.75) is 40.2 Å². The topological polar surface area (TPSA) is 23.5 Å². The van der Waals surface area contributed by atoms with Crippen LogP contribution < -0.4 is 0 Å². The minimum atomic E-state index is -0.0826. The Morgan fingerprint density at radius 3 is 2.25 bits per heavy atom. The average Bonchev–Trinajstić information content (AvgIpc) is 2.50. The van der Waals surface area contributed by atoms with Crippen molar-refractivity contribution in [2.75, 3.05) is 19.7 Å². The van der Waals surface area contributed by atoms with Crippen LogP contribution in [-0.2, 0) is 6.54 Å². The van der Waals surface area contributed by atoms with E-state index in [-0.39, 0.29) is 6.61 Å². The van der Waals surface area contributed by atoms with E-state index in [0.717, 1.165) is 24.6 Å². The molecule has 0 saturated carbocycles. The van der Waals surface area contributed by atoms with Gasteiger partial charge in [0.2, 0.25) is 0 Å². The second-order valence-electron chi connectivity index (χ2n) is 5.17. The lowest BCUT2D eigenvalue weighted by Crippen LogP contribution is -2.28. The van der Waals surface area contributed by atoms with Crippen LogP contribution in [0.4, 0.5) is 0 Å². The zero-order valence-electron chi connectivity index (χ0n) is 13.0. The maximum Gasteiger partial charge on any atom is 0.104 e. The Kier molecular flexibility index (Phi) is 8.02. The van der Waals surface area contributed by atoms with Crippen LogP contribution in [0.3, 0.4) is 0 Å². The van der Waals surface area contributed by atoms with Crippen LogP contribution in [0.5, 0.6) is 0 Å². The number of aliphatic hydroxyl groups excluding tert-OH is 1. The molecule has 110 valence electrons. The molecule has 2 heteroatoms. The van der Waals surface area contributed by atoms with Crippen LogP contribution in [-0.4, -0.2) is 29.7 Å². The molecule has 0 radical (unpaired) electrons. The summed E-state index contributed by atoms with van der Waals surface area (Å²) in [6.45, 7) is 9.95. The van der Waals surface area contributed by atoms with Crippen molar-refractivity contribution < 1.29 is 5.11 Å². The van der Waals surface area contributed by atoms with Crippen LogP contribution in [0.25, 0.3) is 0 Å². The lowest BCUT2D eigenvalue weighted by atomic mass is 10.0. The maximum absolute atomic E-state index is 8.68. The number of nitrogens with zero attached hydrogens (tertiary/aromatic N) is 1. The first-order valence-corrected chi connectivity index (χ1v) is 7.64. The first-order valence-electron chi connectivity index (χ1n) is 7.64. The van der Waals surface area contributed by atoms with Crippen LogP contribution in [0, 0.1) is 17.8 Å². The molecule has 1 N–H and O–H groups in total. The van der Waals surface area contributed by atoms with Gasteiger partial charge in [0.1, 0.15) is 6.61 Å². The molecule has 0 bridgehead atoms. The van der Waals surface area contributed by atoms with Crippen molar-refractivity contribution in [1.29, 1.82) is 0 Å². The van der Waals surface area contributed by atoms with Gasteiger partial charge in [0.15, 0.2) is 0 Å². The summed E-state index contributed by atoms with van der Waals surface area (Å²) in [4.78, 5) is 2.51. The molecule has 1 aromatic rings. The summed E-state index contributed by atoms with van der Waals surface area (Å²) in [7, 11) is 0. The summed E-state index contributed by atoms with van der Waals surface area (Å²) in [5.74, 6) is 6.39. The van der Waals surface area contributed by atoms with Gasteiger partial charge in [-0.2, -0.15) is 0 Å². The van der Waals surface area contributed by atoms with E-state index in [4.69, 9.17) is 5.11 Å². The molecule has 2 nitrogen and oxygen atoms in total. The smallest absolute Gasteiger partial charge is 0.104 e. The summed E-state index contributed by atoms with van der Waals surface area (Å²) >= 11 is 0. The molecule has 0 saturated heterocycles. The molecule has 0 aliphatic rings. The van der Waals surface area contributed by atoms with E-state index >= 15 is 0 Å². The van der Waals surface area contributed by atoms with Gasteiger partial charge in [-0.1, -0.05) is 57.6 Å². The highest BCUT2D eigenvalue weighted by molar-refractivity contribution is 5.36. The summed E-state index contributed by atoms with van der Waals surface area (Å²) in [5, 5.41) is 8.68. The van der Waals surface area contributed by atoms with Crippen molar-refractivity contribution in [3.8, 4) is 11.8 Å². The third-order valence-electron chi connectivity index (χ3n) is 3.79. The summed E-state index contributed by atoms with van der Waals surface area (Å²) in [6.07, 6.45) is 2.51. The molecular weight excluding hydrogens is 246 g/mol. The Hall–Kier alpha value is -1.30. The first kappa shape index (κ1) is 16.8. The Morgan fingerprint density at radius 1 is 1.10 bits per heavy atom. The fraction of sp³-hybridized carbons (Fsp3) is 0.556. The zero-order chi connectivity index (χ0) is 14.8. The minimum absolute atomic E-state index is 0.0826. The number of benzene rings is 1. The van der Waals surface area contributed by atoms with Crippen molar-refractivity contribution in [2.24, 2.45) is 5.92 Å². The minimum Gasteiger partial charge on any atom is -0.384 e. The predicted molar refractivity (Wildman–Crippen MR) is 85.4 cm³/mol. The molecular formula is C18H27NO. The first-order chi connectivity index (χ1) is 9.73. The van der Waals surface area contributed by atoms with E-state index in [1.54, 1.807) is 0 Å². The van der Waals surface area contributed by atoms with Gasteiger partial charge in [0.05, 0.1) is 0 Å². The van der Waals surface area contributed by atoms with Crippen LogP contribution in [0.1, 0.15) is 44.7 Å². The summed E-state index contributed by atoms with van der Waals surface area (Å²) in [6, 6.07) is 8.33. The van der Waals surface area contributed by atoms with Gasteiger partial charge >= 0.3 is 0 Å². The Bertz CT molecular complexity index is 423. The quantitative estimate of drug-likeness (QED) is 0.771. The Balaban J connectivity index is 2.61. The van der Waals surface area contributed by atoms with E-state index in [2.05, 4.69) is 49.6 Å². The number of hydrogen-bond acceptors (Lipinski definition) is 2. The fourth-order valence-electron chi connectivity index (χ4n) is 2.31. The zero-order valence-corrected chi connectivity index (χ0v) is 13.0. The standard InChI is InChI=1S/C18H27NO/c1-4-16(5-2)14-19(6-3)15-18-11-9-17(10-12-18)8-7-13-20/h9-12,16,20H,4-6,13-15H2,1-3H3. The van der Waals surface area contributed by atoms with Gasteiger partial charge in [0, 0.05) is 18.7 Å². The molecule has 0 atom stereocenters. The van der Waals surface area contributed by atoms with Gasteiger partial charge in [-0.3, -0.25) is 4.90 Å². The van der Waals surface area contributed by atoms with Gasteiger partial charge in [-0.25, -0.2) is 0 Å². The highest BCUT2D eigenvalue weighted by atomic mass is 16.2. The molecule has 20 heavy (non-hydrogen) atoms. The average molecular weight is 273 g/mol. The Labute approximate surface area is 123 Å². The summed E-state index contributed by atoms with van der Waals surface area (Å²) < 4.78 is 0. The van der Waals surface area contributed by atoms with E-state index in [1.165, 1.54) is 24.9 Å². The second kappa shape index (κ2) is 9.58. The number of rotatable bonds is 7. The summed E-state index contributed by atoms with van der Waals surface area (Å²) in [5.41, 5.74) is 2.29. The largest absolute Gasteiger partial charge is 0.384 e. The molecule has 0 fully saturated rings. The molecule has 0 spiro atoms. The van der Waals surface area contributed by atoms with Crippen LogP contribution >= 0.6 is 0 Å². The molecule has 0 unspecified atom stereocenters. The molecule has 1 rings (SSSR count). The lowest BCUT2D eigenvalue weighted by molar-refractivity contribution is 0.226. The molecule has 0 aliphatic carbocycles. The van der Waals surface area contributed by atoms with Crippen molar-refractivity contribution in [3.63, 3.8) is 0 Å². The molecule has 0 aromatic heterocycles. The highest BCUT2D eigenvalue weighted by Crippen LogP contribution is 2.13. The van der Waals surface area contributed by atoms with Crippen molar-refractivity contribution >= 4 is 0 Å². The molecule has 0 amide bonds. The number of hydrogen-bond donors (Lipinski definition) is 1. The highest BCUT2D eigenvalue weighted by Gasteiger charge is 2.10. The van der Waals surface area contributed by atoms with Gasteiger partial charge < -0.3 is 5.11 Å². The van der Waals surface area contributed by atoms with Gasteiger partial charge in [0.25, 0.3) is 0 Å². The molecule has 1 aromatic carbocycles. The van der Waals surface area contributed by atoms with Gasteiger partial charge in [-0.05, 0) is 30.2 Å². The predicted octanol–water partition coefficient (Wildman–Crippen LogP) is 3.29. The van der Waals surface area contributed by atoms with E-state index in [9.17, 15) is 0 Å². The molecule has 0 aliphatic heterocycles. The van der Waals surface area contributed by atoms with E-state index in [0.29, 0.717) is 0 Å². The maximum atomic E-state index is 8.68. The second-order valence-corrected chi connectivity index (χ2v) is 5.17. The lowest BCUT2D eigenvalue weighted by Gasteiger charge is -2.25. The number of aliphatic hydroxyl groups is 1. The van der Waals surface area contributed by atoms with E-state index < -0.39 is 0 Å². The van der Waals surface area contributed by atoms with Crippen molar-refractivity contribution in [1.82, 2.24) is 4.90 Å². The van der Waals surface area contributed by atoms with Crippen LogP contribution in [0.2, 0.25) is 0 Å². The third-order valence-corrected chi connectivity index (χ3v) is 3.79. The monoisotopic (exact) mass is 273 g/mol.